The number of hydrogen-bond acceptors (Lipinski definition) is 3. The molecule has 0 amide bonds. The zero-order valence-corrected chi connectivity index (χ0v) is 18.2. The molecule has 2 fully saturated rings. The molecule has 0 radical (unpaired) electrons. The summed E-state index contributed by atoms with van der Waals surface area (Å²) in [4.78, 5) is 2.79. The minimum absolute atomic E-state index is 0.518. The Kier molecular flexibility index (Phi) is 10.0. The lowest BCUT2D eigenvalue weighted by Crippen LogP contribution is -2.58. The zero-order valence-electron chi connectivity index (χ0n) is 17.2. The topological polar surface area (TPSA) is 21.7 Å². The molecule has 148 valence electrons. The Hall–Kier alpha value is 0.0969. The van der Waals surface area contributed by atoms with E-state index in [1.165, 1.54) is 103 Å². The predicted molar refractivity (Wildman–Crippen MR) is 109 cm³/mol. The smallest absolute Gasteiger partial charge is 0.352 e. The maximum absolute atomic E-state index is 6.02. The lowest BCUT2D eigenvalue weighted by Gasteiger charge is -2.41. The van der Waals surface area contributed by atoms with Crippen LogP contribution in [-0.4, -0.2) is 46.4 Å². The molecule has 1 aliphatic heterocycles. The summed E-state index contributed by atoms with van der Waals surface area (Å²) in [5.41, 5.74) is 0.518. The van der Waals surface area contributed by atoms with Gasteiger partial charge in [-0.2, -0.15) is 0 Å². The molecule has 1 aliphatic carbocycles. The van der Waals surface area contributed by atoms with Crippen LogP contribution in [0.25, 0.3) is 0 Å². The van der Waals surface area contributed by atoms with Gasteiger partial charge in [0.25, 0.3) is 0 Å². The molecule has 0 N–H and O–H groups in total. The van der Waals surface area contributed by atoms with Gasteiger partial charge in [0.1, 0.15) is 0 Å². The van der Waals surface area contributed by atoms with Crippen molar-refractivity contribution < 1.29 is 8.85 Å². The Morgan fingerprint density at radius 1 is 0.760 bits per heavy atom. The second kappa shape index (κ2) is 11.7. The van der Waals surface area contributed by atoms with E-state index >= 15 is 0 Å². The predicted octanol–water partition coefficient (Wildman–Crippen LogP) is 5.67. The highest BCUT2D eigenvalue weighted by molar-refractivity contribution is 6.67. The largest absolute Gasteiger partial charge is 0.397 e. The molecule has 3 nitrogen and oxygen atoms in total. The molecule has 1 unspecified atom stereocenters. The van der Waals surface area contributed by atoms with Gasteiger partial charge in [0.05, 0.1) is 5.67 Å². The number of rotatable bonds is 6. The van der Waals surface area contributed by atoms with Gasteiger partial charge in [0.2, 0.25) is 0 Å². The van der Waals surface area contributed by atoms with Gasteiger partial charge < -0.3 is 8.85 Å². The standard InChI is InChI=1S/C21H43NO2Si/c1-23-25(3,24-2)21-16-12-7-5-4-6-8-13-18-22(21)19-17-20-14-10-9-11-15-20/h20-21H,4-19H2,1-3H3. The monoisotopic (exact) mass is 369 g/mol. The first-order valence-electron chi connectivity index (χ1n) is 11.0. The average Bonchev–Trinajstić information content (AvgIpc) is 2.71. The van der Waals surface area contributed by atoms with Crippen molar-refractivity contribution in [2.75, 3.05) is 27.3 Å². The maximum atomic E-state index is 6.02. The molecule has 1 saturated heterocycles. The summed E-state index contributed by atoms with van der Waals surface area (Å²) in [6.07, 6.45) is 19.6. The number of hydrogen-bond donors (Lipinski definition) is 0. The van der Waals surface area contributed by atoms with Crippen molar-refractivity contribution in [2.24, 2.45) is 5.92 Å². The third-order valence-corrected chi connectivity index (χ3v) is 10.3. The Morgan fingerprint density at radius 2 is 1.28 bits per heavy atom. The summed E-state index contributed by atoms with van der Waals surface area (Å²) in [6, 6.07) is 0. The molecule has 4 heteroatoms. The molecule has 0 aromatic rings. The molecule has 1 heterocycles. The third-order valence-electron chi connectivity index (χ3n) is 6.83. The van der Waals surface area contributed by atoms with Crippen LogP contribution in [0.15, 0.2) is 0 Å². The molecular weight excluding hydrogens is 326 g/mol. The van der Waals surface area contributed by atoms with E-state index in [1.807, 2.05) is 14.2 Å². The molecule has 2 rings (SSSR count). The van der Waals surface area contributed by atoms with E-state index in [1.54, 1.807) is 0 Å². The van der Waals surface area contributed by atoms with Crippen molar-refractivity contribution in [1.29, 1.82) is 0 Å². The van der Waals surface area contributed by atoms with Crippen molar-refractivity contribution >= 4 is 8.56 Å². The van der Waals surface area contributed by atoms with E-state index in [0.29, 0.717) is 5.67 Å². The fraction of sp³-hybridized carbons (Fsp3) is 1.00. The van der Waals surface area contributed by atoms with Gasteiger partial charge in [-0.05, 0) is 44.8 Å². The quantitative estimate of drug-likeness (QED) is 0.563. The highest BCUT2D eigenvalue weighted by Crippen LogP contribution is 2.29. The van der Waals surface area contributed by atoms with Crippen molar-refractivity contribution in [3.63, 3.8) is 0 Å². The van der Waals surface area contributed by atoms with Crippen LogP contribution in [0.1, 0.15) is 89.9 Å². The normalized spacial score (nSPS) is 26.3. The fourth-order valence-electron chi connectivity index (χ4n) is 4.92. The summed E-state index contributed by atoms with van der Waals surface area (Å²) in [7, 11) is 1.62. The molecule has 0 bridgehead atoms. The molecule has 1 atom stereocenters. The first-order chi connectivity index (χ1) is 12.2. The minimum atomic E-state index is -2.13. The average molecular weight is 370 g/mol. The van der Waals surface area contributed by atoms with Crippen LogP contribution in [0, 0.1) is 5.92 Å². The minimum Gasteiger partial charge on any atom is -0.397 e. The van der Waals surface area contributed by atoms with Gasteiger partial charge in [0, 0.05) is 14.2 Å². The highest BCUT2D eigenvalue weighted by atomic mass is 28.4. The maximum Gasteiger partial charge on any atom is 0.352 e. The van der Waals surface area contributed by atoms with E-state index in [0.717, 1.165) is 5.92 Å². The summed E-state index contributed by atoms with van der Waals surface area (Å²) in [6.45, 7) is 4.78. The van der Waals surface area contributed by atoms with Crippen LogP contribution in [0.5, 0.6) is 0 Å². The van der Waals surface area contributed by atoms with E-state index < -0.39 is 8.56 Å². The Labute approximate surface area is 158 Å². The van der Waals surface area contributed by atoms with Crippen molar-refractivity contribution in [1.82, 2.24) is 4.90 Å². The van der Waals surface area contributed by atoms with Gasteiger partial charge in [-0.1, -0.05) is 70.6 Å². The summed E-state index contributed by atoms with van der Waals surface area (Å²) < 4.78 is 12.0. The Balaban J connectivity index is 2.03. The van der Waals surface area contributed by atoms with Crippen LogP contribution in [0.2, 0.25) is 6.55 Å². The van der Waals surface area contributed by atoms with Crippen LogP contribution >= 0.6 is 0 Å². The van der Waals surface area contributed by atoms with Gasteiger partial charge in [-0.3, -0.25) is 4.90 Å². The first kappa shape index (κ1) is 21.4. The summed E-state index contributed by atoms with van der Waals surface area (Å²) in [5, 5.41) is 0. The molecule has 0 aromatic carbocycles. The van der Waals surface area contributed by atoms with Crippen LogP contribution in [0.3, 0.4) is 0 Å². The molecule has 1 saturated carbocycles. The SMILES string of the molecule is CO[Si](C)(OC)C1CCCCCCCCCN1CCC1CCCCC1. The van der Waals surface area contributed by atoms with Gasteiger partial charge in [-0.25, -0.2) is 0 Å². The lowest BCUT2D eigenvalue weighted by atomic mass is 9.87. The third kappa shape index (κ3) is 6.97. The lowest BCUT2D eigenvalue weighted by molar-refractivity contribution is 0.142. The molecule has 25 heavy (non-hydrogen) atoms. The van der Waals surface area contributed by atoms with Crippen LogP contribution in [-0.2, 0) is 8.85 Å². The second-order valence-electron chi connectivity index (χ2n) is 8.53. The Morgan fingerprint density at radius 3 is 1.92 bits per heavy atom. The molecule has 0 aromatic heterocycles. The van der Waals surface area contributed by atoms with E-state index in [4.69, 9.17) is 8.85 Å². The van der Waals surface area contributed by atoms with Crippen molar-refractivity contribution in [3.8, 4) is 0 Å². The van der Waals surface area contributed by atoms with Gasteiger partial charge in [-0.15, -0.1) is 0 Å². The van der Waals surface area contributed by atoms with Gasteiger partial charge in [0.15, 0.2) is 0 Å². The van der Waals surface area contributed by atoms with E-state index in [9.17, 15) is 0 Å². The van der Waals surface area contributed by atoms with E-state index in [2.05, 4.69) is 11.4 Å². The number of nitrogens with zero attached hydrogens (tertiary/aromatic N) is 1. The summed E-state index contributed by atoms with van der Waals surface area (Å²) in [5.74, 6) is 0.964. The van der Waals surface area contributed by atoms with Crippen LogP contribution < -0.4 is 0 Å². The highest BCUT2D eigenvalue weighted by Gasteiger charge is 2.42. The molecule has 0 spiro atoms. The first-order valence-corrected chi connectivity index (χ1v) is 13.4. The van der Waals surface area contributed by atoms with Gasteiger partial charge >= 0.3 is 8.56 Å². The van der Waals surface area contributed by atoms with Crippen molar-refractivity contribution in [3.05, 3.63) is 0 Å². The van der Waals surface area contributed by atoms with Crippen molar-refractivity contribution in [2.45, 2.75) is 102 Å². The van der Waals surface area contributed by atoms with Crippen LogP contribution in [0.4, 0.5) is 0 Å². The zero-order chi connectivity index (χ0) is 18.0. The second-order valence-corrected chi connectivity index (χ2v) is 12.0. The molecular formula is C21H43NO2Si. The Bertz CT molecular complexity index is 343. The van der Waals surface area contributed by atoms with E-state index in [-0.39, 0.29) is 0 Å². The molecule has 2 aliphatic rings. The summed E-state index contributed by atoms with van der Waals surface area (Å²) >= 11 is 0. The fourth-order valence-corrected chi connectivity index (χ4v) is 7.28.